The summed E-state index contributed by atoms with van der Waals surface area (Å²) in [5.74, 6) is -0.158. The van der Waals surface area contributed by atoms with Crippen molar-refractivity contribution in [1.29, 1.82) is 0 Å². The maximum Gasteiger partial charge on any atom is 0.268 e. The minimum atomic E-state index is -4.56. The lowest BCUT2D eigenvalue weighted by molar-refractivity contribution is -0.870. The number of likely N-dealkylation sites (N-methyl/N-ethyl adjacent to an activating group) is 1. The molecule has 0 aromatic carbocycles. The molecule has 0 fully saturated rings. The molecule has 0 aliphatic rings. The van der Waals surface area contributed by atoms with Crippen molar-refractivity contribution in [1.82, 2.24) is 5.32 Å². The van der Waals surface area contributed by atoms with Crippen molar-refractivity contribution in [3.05, 3.63) is 0 Å². The maximum atomic E-state index is 12.9. The van der Waals surface area contributed by atoms with Gasteiger partial charge in [-0.1, -0.05) is 284 Å². The number of amides is 1. The quantitative estimate of drug-likeness (QED) is 0.0357. The van der Waals surface area contributed by atoms with E-state index in [2.05, 4.69) is 19.2 Å². The summed E-state index contributed by atoms with van der Waals surface area (Å²) in [4.78, 5) is 25.4. The van der Waals surface area contributed by atoms with Gasteiger partial charge in [0.05, 0.1) is 39.9 Å². The van der Waals surface area contributed by atoms with Crippen LogP contribution in [0.15, 0.2) is 0 Å². The highest BCUT2D eigenvalue weighted by molar-refractivity contribution is 7.45. The predicted octanol–water partition coefficient (Wildman–Crippen LogP) is 16.6. The van der Waals surface area contributed by atoms with Crippen LogP contribution in [0, 0.1) is 0 Å². The highest BCUT2D eigenvalue weighted by Gasteiger charge is 2.24. The molecule has 1 amide bonds. The third kappa shape index (κ3) is 51.2. The van der Waals surface area contributed by atoms with E-state index in [0.717, 1.165) is 38.5 Å². The van der Waals surface area contributed by atoms with E-state index in [9.17, 15) is 19.4 Å². The molecular formula is C56H115N2O6P. The fraction of sp³-hybridized carbons (Fsp3) is 0.982. The Hall–Kier alpha value is -0.500. The SMILES string of the molecule is CCCCCCCCCCCCCCCCCCCCCCCCCCCCCCCCCC(=O)NC(COP(=O)([O-])OCC[N+](C)(C)C)C(O)CCCCCCCCCCCCCC. The molecule has 0 bridgehead atoms. The number of phosphoric acid groups is 1. The molecule has 0 aliphatic heterocycles. The molecule has 8 nitrogen and oxygen atoms in total. The summed E-state index contributed by atoms with van der Waals surface area (Å²) >= 11 is 0. The van der Waals surface area contributed by atoms with Gasteiger partial charge in [0.15, 0.2) is 0 Å². The number of carbonyl (C=O) groups excluding carboxylic acids is 1. The molecule has 3 unspecified atom stereocenters. The van der Waals surface area contributed by atoms with Gasteiger partial charge in [0.1, 0.15) is 13.2 Å². The van der Waals surface area contributed by atoms with Crippen LogP contribution in [0.1, 0.15) is 303 Å². The molecule has 0 aromatic heterocycles. The third-order valence-corrected chi connectivity index (χ3v) is 14.6. The van der Waals surface area contributed by atoms with E-state index >= 15 is 0 Å². The number of aliphatic hydroxyl groups excluding tert-OH is 1. The van der Waals surface area contributed by atoms with Gasteiger partial charge in [0.2, 0.25) is 5.91 Å². The van der Waals surface area contributed by atoms with E-state index in [0.29, 0.717) is 23.9 Å². The summed E-state index contributed by atoms with van der Waals surface area (Å²) in [5.41, 5.74) is 0. The van der Waals surface area contributed by atoms with E-state index in [1.807, 2.05) is 21.1 Å². The monoisotopic (exact) mass is 943 g/mol. The standard InChI is InChI=1S/C56H115N2O6P/c1-6-8-10-12-14-16-18-20-21-22-23-24-25-26-27-28-29-30-31-32-33-34-35-36-37-38-40-42-44-46-48-50-56(60)57-54(53-64-65(61,62)63-52-51-58(3,4)5)55(59)49-47-45-43-41-39-19-17-15-13-11-9-7-2/h54-55,59H,6-53H2,1-5H3,(H-,57,60,61,62). The molecule has 0 aromatic rings. The van der Waals surface area contributed by atoms with Crippen molar-refractivity contribution >= 4 is 13.7 Å². The molecule has 0 spiro atoms. The summed E-state index contributed by atoms with van der Waals surface area (Å²) in [6.07, 6.45) is 57.3. The Labute approximate surface area is 406 Å². The van der Waals surface area contributed by atoms with E-state index < -0.39 is 20.0 Å². The Morgan fingerprint density at radius 2 is 0.754 bits per heavy atom. The van der Waals surface area contributed by atoms with E-state index in [1.54, 1.807) is 0 Å². The first-order valence-electron chi connectivity index (χ1n) is 28.9. The van der Waals surface area contributed by atoms with E-state index in [-0.39, 0.29) is 19.1 Å². The number of unbranched alkanes of at least 4 members (excludes halogenated alkanes) is 41. The normalized spacial score (nSPS) is 13.9. The van der Waals surface area contributed by atoms with Crippen LogP contribution < -0.4 is 10.2 Å². The number of hydrogen-bond acceptors (Lipinski definition) is 6. The van der Waals surface area contributed by atoms with Gasteiger partial charge in [-0.15, -0.1) is 0 Å². The lowest BCUT2D eigenvalue weighted by Crippen LogP contribution is -2.46. The molecule has 0 radical (unpaired) electrons. The third-order valence-electron chi connectivity index (χ3n) is 13.6. The van der Waals surface area contributed by atoms with Crippen molar-refractivity contribution in [2.45, 2.75) is 315 Å². The fourth-order valence-electron chi connectivity index (χ4n) is 9.04. The molecule has 0 heterocycles. The first-order valence-corrected chi connectivity index (χ1v) is 30.3. The molecular weight excluding hydrogens is 828 g/mol. The molecule has 65 heavy (non-hydrogen) atoms. The number of phosphoric ester groups is 1. The van der Waals surface area contributed by atoms with E-state index in [1.165, 1.54) is 238 Å². The molecule has 0 saturated carbocycles. The van der Waals surface area contributed by atoms with Crippen LogP contribution in [-0.4, -0.2) is 68.5 Å². The minimum absolute atomic E-state index is 0.0163. The van der Waals surface area contributed by atoms with Crippen molar-refractivity contribution in [2.24, 2.45) is 0 Å². The number of carbonyl (C=O) groups is 1. The Morgan fingerprint density at radius 1 is 0.477 bits per heavy atom. The minimum Gasteiger partial charge on any atom is -0.756 e. The van der Waals surface area contributed by atoms with Gasteiger partial charge in [0, 0.05) is 6.42 Å². The number of rotatable bonds is 54. The second-order valence-corrected chi connectivity index (χ2v) is 22.8. The number of aliphatic hydroxyl groups is 1. The largest absolute Gasteiger partial charge is 0.756 e. The predicted molar refractivity (Wildman–Crippen MR) is 279 cm³/mol. The highest BCUT2D eigenvalue weighted by atomic mass is 31.2. The summed E-state index contributed by atoms with van der Waals surface area (Å²) < 4.78 is 23.4. The number of nitrogens with zero attached hydrogens (tertiary/aromatic N) is 1. The van der Waals surface area contributed by atoms with Crippen LogP contribution >= 0.6 is 7.82 Å². The first kappa shape index (κ1) is 64.5. The summed E-state index contributed by atoms with van der Waals surface area (Å²) in [7, 11) is 1.32. The van der Waals surface area contributed by atoms with Crippen LogP contribution in [0.3, 0.4) is 0 Å². The molecule has 0 rings (SSSR count). The van der Waals surface area contributed by atoms with Crippen molar-refractivity contribution in [3.63, 3.8) is 0 Å². The highest BCUT2D eigenvalue weighted by Crippen LogP contribution is 2.38. The van der Waals surface area contributed by atoms with E-state index in [4.69, 9.17) is 9.05 Å². The Morgan fingerprint density at radius 3 is 1.05 bits per heavy atom. The molecule has 9 heteroatoms. The summed E-state index contributed by atoms with van der Waals surface area (Å²) in [6, 6.07) is -0.794. The zero-order valence-electron chi connectivity index (χ0n) is 44.5. The lowest BCUT2D eigenvalue weighted by Gasteiger charge is -2.30. The van der Waals surface area contributed by atoms with Gasteiger partial charge in [0.25, 0.3) is 7.82 Å². The maximum absolute atomic E-state index is 12.9. The van der Waals surface area contributed by atoms with Gasteiger partial charge in [-0.05, 0) is 12.8 Å². The lowest BCUT2D eigenvalue weighted by atomic mass is 10.0. The molecule has 0 saturated heterocycles. The van der Waals surface area contributed by atoms with Crippen LogP contribution in [0.5, 0.6) is 0 Å². The van der Waals surface area contributed by atoms with Crippen molar-refractivity contribution in [2.75, 3.05) is 40.9 Å². The summed E-state index contributed by atoms with van der Waals surface area (Å²) in [6.45, 7) is 4.76. The second kappa shape index (κ2) is 48.5. The van der Waals surface area contributed by atoms with Gasteiger partial charge in [-0.2, -0.15) is 0 Å². The average Bonchev–Trinajstić information content (AvgIpc) is 3.26. The van der Waals surface area contributed by atoms with Gasteiger partial charge >= 0.3 is 0 Å². The van der Waals surface area contributed by atoms with Crippen LogP contribution in [0.4, 0.5) is 0 Å². The van der Waals surface area contributed by atoms with Crippen LogP contribution in [0.2, 0.25) is 0 Å². The second-order valence-electron chi connectivity index (χ2n) is 21.4. The average molecular weight is 944 g/mol. The van der Waals surface area contributed by atoms with Gasteiger partial charge < -0.3 is 28.8 Å². The Bertz CT molecular complexity index is 1030. The zero-order valence-corrected chi connectivity index (χ0v) is 45.4. The number of quaternary nitrogens is 1. The summed E-state index contributed by atoms with van der Waals surface area (Å²) in [5, 5.41) is 14.0. The van der Waals surface area contributed by atoms with Crippen LogP contribution in [0.25, 0.3) is 0 Å². The molecule has 0 aliphatic carbocycles. The Kier molecular flexibility index (Phi) is 48.1. The molecule has 3 atom stereocenters. The molecule has 390 valence electrons. The van der Waals surface area contributed by atoms with Gasteiger partial charge in [-0.3, -0.25) is 9.36 Å². The van der Waals surface area contributed by atoms with Crippen LogP contribution in [-0.2, 0) is 18.4 Å². The van der Waals surface area contributed by atoms with Gasteiger partial charge in [-0.25, -0.2) is 0 Å². The number of hydrogen-bond donors (Lipinski definition) is 2. The first-order chi connectivity index (χ1) is 31.5. The van der Waals surface area contributed by atoms with Crippen molar-refractivity contribution in [3.8, 4) is 0 Å². The smallest absolute Gasteiger partial charge is 0.268 e. The number of nitrogens with one attached hydrogen (secondary N) is 1. The molecule has 2 N–H and O–H groups in total. The topological polar surface area (TPSA) is 108 Å². The Balaban J connectivity index is 3.93. The zero-order chi connectivity index (χ0) is 47.8. The fourth-order valence-corrected chi connectivity index (χ4v) is 9.77. The van der Waals surface area contributed by atoms with Crippen molar-refractivity contribution < 1.29 is 32.9 Å².